The van der Waals surface area contributed by atoms with Crippen LogP contribution in [0.1, 0.15) is 37.8 Å². The minimum atomic E-state index is -0.915. The lowest BCUT2D eigenvalue weighted by Crippen LogP contribution is -2.32. The normalized spacial score (nSPS) is 11.7. The highest BCUT2D eigenvalue weighted by molar-refractivity contribution is 5.96. The van der Waals surface area contributed by atoms with E-state index in [0.717, 1.165) is 16.8 Å². The molecule has 0 aliphatic carbocycles. The lowest BCUT2D eigenvalue weighted by molar-refractivity contribution is -0.155. The van der Waals surface area contributed by atoms with E-state index in [9.17, 15) is 9.59 Å². The van der Waals surface area contributed by atoms with Crippen molar-refractivity contribution in [2.45, 2.75) is 39.7 Å². The average molecular weight is 355 g/mol. The van der Waals surface area contributed by atoms with Gasteiger partial charge in [0.05, 0.1) is 0 Å². The Morgan fingerprint density at radius 3 is 2.35 bits per heavy atom. The molecular formula is C21H25NO4. The van der Waals surface area contributed by atoms with E-state index in [2.05, 4.69) is 19.2 Å². The number of aryl methyl sites for hydroxylation is 1. The number of amides is 1. The van der Waals surface area contributed by atoms with Crippen LogP contribution in [0.15, 0.2) is 48.5 Å². The van der Waals surface area contributed by atoms with Gasteiger partial charge in [-0.3, -0.25) is 4.79 Å². The molecule has 0 bridgehead atoms. The van der Waals surface area contributed by atoms with Gasteiger partial charge in [0, 0.05) is 5.69 Å². The van der Waals surface area contributed by atoms with Crippen molar-refractivity contribution in [3.63, 3.8) is 0 Å². The minimum absolute atomic E-state index is 0.247. The van der Waals surface area contributed by atoms with Gasteiger partial charge in [0.2, 0.25) is 0 Å². The van der Waals surface area contributed by atoms with Crippen molar-refractivity contribution < 1.29 is 19.1 Å². The number of hydrogen-bond acceptors (Lipinski definition) is 4. The van der Waals surface area contributed by atoms with E-state index < -0.39 is 12.1 Å². The molecule has 2 aromatic rings. The molecule has 138 valence electrons. The van der Waals surface area contributed by atoms with Crippen molar-refractivity contribution in [3.8, 4) is 5.75 Å². The SMILES string of the molecule is Cc1cccc(C(C)C)c1NC(=O)[C@@H](C)OC(=O)COc1ccccc1. The van der Waals surface area contributed by atoms with Gasteiger partial charge in [-0.2, -0.15) is 0 Å². The van der Waals surface area contributed by atoms with Gasteiger partial charge < -0.3 is 14.8 Å². The van der Waals surface area contributed by atoms with E-state index in [-0.39, 0.29) is 18.4 Å². The third-order valence-corrected chi connectivity index (χ3v) is 3.95. The summed E-state index contributed by atoms with van der Waals surface area (Å²) in [6, 6.07) is 14.9. The van der Waals surface area contributed by atoms with Crippen LogP contribution in [0.25, 0.3) is 0 Å². The second-order valence-corrected chi connectivity index (χ2v) is 6.42. The summed E-state index contributed by atoms with van der Waals surface area (Å²) in [5.74, 6) is -0.120. The lowest BCUT2D eigenvalue weighted by atomic mass is 9.98. The van der Waals surface area contributed by atoms with Crippen molar-refractivity contribution in [2.24, 2.45) is 0 Å². The van der Waals surface area contributed by atoms with Crippen LogP contribution in [0.2, 0.25) is 0 Å². The predicted octanol–water partition coefficient (Wildman–Crippen LogP) is 4.07. The Morgan fingerprint density at radius 1 is 1.00 bits per heavy atom. The van der Waals surface area contributed by atoms with E-state index in [0.29, 0.717) is 5.75 Å². The van der Waals surface area contributed by atoms with Crippen LogP contribution < -0.4 is 10.1 Å². The van der Waals surface area contributed by atoms with Gasteiger partial charge in [0.15, 0.2) is 12.7 Å². The number of benzene rings is 2. The van der Waals surface area contributed by atoms with Crippen LogP contribution in [0.3, 0.4) is 0 Å². The van der Waals surface area contributed by atoms with E-state index in [1.165, 1.54) is 0 Å². The molecule has 0 radical (unpaired) electrons. The molecule has 1 amide bonds. The van der Waals surface area contributed by atoms with Crippen LogP contribution in [-0.2, 0) is 14.3 Å². The van der Waals surface area contributed by atoms with Crippen LogP contribution in [0.4, 0.5) is 5.69 Å². The molecule has 0 spiro atoms. The van der Waals surface area contributed by atoms with Crippen molar-refractivity contribution in [1.82, 2.24) is 0 Å². The van der Waals surface area contributed by atoms with Crippen molar-refractivity contribution in [3.05, 3.63) is 59.7 Å². The third-order valence-electron chi connectivity index (χ3n) is 3.95. The van der Waals surface area contributed by atoms with Crippen molar-refractivity contribution in [1.29, 1.82) is 0 Å². The number of ether oxygens (including phenoxy) is 2. The first kappa shape index (κ1) is 19.5. The Balaban J connectivity index is 1.92. The van der Waals surface area contributed by atoms with E-state index in [1.807, 2.05) is 43.3 Å². The molecule has 0 unspecified atom stereocenters. The summed E-state index contributed by atoms with van der Waals surface area (Å²) in [7, 11) is 0. The summed E-state index contributed by atoms with van der Waals surface area (Å²) < 4.78 is 10.5. The van der Waals surface area contributed by atoms with Gasteiger partial charge in [-0.25, -0.2) is 4.79 Å². The Labute approximate surface area is 154 Å². The number of carbonyl (C=O) groups excluding carboxylic acids is 2. The smallest absolute Gasteiger partial charge is 0.344 e. The fourth-order valence-electron chi connectivity index (χ4n) is 2.51. The van der Waals surface area contributed by atoms with Gasteiger partial charge in [-0.05, 0) is 43.0 Å². The predicted molar refractivity (Wildman–Crippen MR) is 101 cm³/mol. The fourth-order valence-corrected chi connectivity index (χ4v) is 2.51. The Kier molecular flexibility index (Phi) is 6.78. The van der Waals surface area contributed by atoms with Gasteiger partial charge in [0.25, 0.3) is 5.91 Å². The Bertz CT molecular complexity index is 756. The summed E-state index contributed by atoms with van der Waals surface area (Å²) in [6.07, 6.45) is -0.915. The summed E-state index contributed by atoms with van der Waals surface area (Å²) in [4.78, 5) is 24.3. The summed E-state index contributed by atoms with van der Waals surface area (Å²) >= 11 is 0. The molecule has 0 aliphatic heterocycles. The van der Waals surface area contributed by atoms with Crippen LogP contribution in [-0.4, -0.2) is 24.6 Å². The number of anilines is 1. The number of hydrogen-bond donors (Lipinski definition) is 1. The molecule has 2 aromatic carbocycles. The maximum absolute atomic E-state index is 12.4. The highest BCUT2D eigenvalue weighted by Gasteiger charge is 2.20. The van der Waals surface area contributed by atoms with E-state index >= 15 is 0 Å². The maximum atomic E-state index is 12.4. The average Bonchev–Trinajstić information content (AvgIpc) is 2.62. The molecule has 0 heterocycles. The quantitative estimate of drug-likeness (QED) is 0.761. The first-order valence-corrected chi connectivity index (χ1v) is 8.66. The van der Waals surface area contributed by atoms with Gasteiger partial charge in [-0.15, -0.1) is 0 Å². The number of esters is 1. The van der Waals surface area contributed by atoms with Crippen LogP contribution in [0, 0.1) is 6.92 Å². The molecule has 5 heteroatoms. The highest BCUT2D eigenvalue weighted by atomic mass is 16.6. The molecule has 2 rings (SSSR count). The largest absolute Gasteiger partial charge is 0.482 e. The molecule has 1 N–H and O–H groups in total. The first-order chi connectivity index (χ1) is 12.4. The maximum Gasteiger partial charge on any atom is 0.344 e. The Hall–Kier alpha value is -2.82. The molecule has 0 aliphatic rings. The van der Waals surface area contributed by atoms with Gasteiger partial charge >= 0.3 is 5.97 Å². The zero-order chi connectivity index (χ0) is 19.1. The lowest BCUT2D eigenvalue weighted by Gasteiger charge is -2.19. The zero-order valence-corrected chi connectivity index (χ0v) is 15.6. The molecule has 0 saturated heterocycles. The molecule has 0 aromatic heterocycles. The van der Waals surface area contributed by atoms with Gasteiger partial charge in [0.1, 0.15) is 5.75 Å². The second kappa shape index (κ2) is 9.04. The van der Waals surface area contributed by atoms with E-state index in [1.54, 1.807) is 19.1 Å². The molecule has 5 nitrogen and oxygen atoms in total. The highest BCUT2D eigenvalue weighted by Crippen LogP contribution is 2.27. The zero-order valence-electron chi connectivity index (χ0n) is 15.6. The number of para-hydroxylation sites is 2. The third kappa shape index (κ3) is 5.34. The van der Waals surface area contributed by atoms with Crippen molar-refractivity contribution in [2.75, 3.05) is 11.9 Å². The monoisotopic (exact) mass is 355 g/mol. The second-order valence-electron chi connectivity index (χ2n) is 6.42. The standard InChI is InChI=1S/C21H25NO4/c1-14(2)18-12-8-9-15(3)20(18)22-21(24)16(4)26-19(23)13-25-17-10-6-5-7-11-17/h5-12,14,16H,13H2,1-4H3,(H,22,24)/t16-/m1/s1. The topological polar surface area (TPSA) is 64.6 Å². The number of rotatable bonds is 7. The number of carbonyl (C=O) groups is 2. The van der Waals surface area contributed by atoms with E-state index in [4.69, 9.17) is 9.47 Å². The molecular weight excluding hydrogens is 330 g/mol. The van der Waals surface area contributed by atoms with Crippen molar-refractivity contribution >= 4 is 17.6 Å². The molecule has 0 fully saturated rings. The molecule has 1 atom stereocenters. The first-order valence-electron chi connectivity index (χ1n) is 8.66. The summed E-state index contributed by atoms with van der Waals surface area (Å²) in [5.41, 5.74) is 2.79. The summed E-state index contributed by atoms with van der Waals surface area (Å²) in [6.45, 7) is 7.36. The minimum Gasteiger partial charge on any atom is -0.482 e. The van der Waals surface area contributed by atoms with Gasteiger partial charge in [-0.1, -0.05) is 50.2 Å². The summed E-state index contributed by atoms with van der Waals surface area (Å²) in [5, 5.41) is 2.88. The molecule has 26 heavy (non-hydrogen) atoms. The Morgan fingerprint density at radius 2 is 1.69 bits per heavy atom. The number of nitrogens with one attached hydrogen (secondary N) is 1. The molecule has 0 saturated carbocycles. The van der Waals surface area contributed by atoms with Crippen LogP contribution in [0.5, 0.6) is 5.75 Å². The van der Waals surface area contributed by atoms with Crippen LogP contribution >= 0.6 is 0 Å². The fraction of sp³-hybridized carbons (Fsp3) is 0.333.